The van der Waals surface area contributed by atoms with Gasteiger partial charge in [-0.1, -0.05) is 0 Å². The zero-order valence-electron chi connectivity index (χ0n) is 15.9. The second kappa shape index (κ2) is 6.93. The quantitative estimate of drug-likeness (QED) is 0.804. The maximum Gasteiger partial charge on any atom is 0.409 e. The van der Waals surface area contributed by atoms with Crippen LogP contribution >= 0.6 is 11.3 Å². The van der Waals surface area contributed by atoms with Crippen LogP contribution in [0.15, 0.2) is 0 Å². The number of thiophene rings is 1. The van der Waals surface area contributed by atoms with Gasteiger partial charge in [-0.05, 0) is 51.0 Å². The number of carbonyl (C=O) groups excluding carboxylic acids is 1. The Bertz CT molecular complexity index is 868. The van der Waals surface area contributed by atoms with Crippen LogP contribution in [-0.4, -0.2) is 53.7 Å². The highest BCUT2D eigenvalue weighted by Crippen LogP contribution is 2.44. The van der Waals surface area contributed by atoms with Gasteiger partial charge in [0.15, 0.2) is 0 Å². The number of hydrogen-bond acceptors (Lipinski definition) is 6. The predicted molar refractivity (Wildman–Crippen MR) is 107 cm³/mol. The molecule has 7 heteroatoms. The molecule has 0 radical (unpaired) electrons. The highest BCUT2D eigenvalue weighted by atomic mass is 32.1. The standard InChI is InChI=1S/C20H26N4O2S/c1-2-26-20(25)24-11-9-23(10-12-24)18-16-14-5-3-4-6-15(14)27-19(16)22-17(21-18)13-7-8-13/h13H,2-12H2,1H3. The molecule has 1 saturated carbocycles. The smallest absolute Gasteiger partial charge is 0.409 e. The van der Waals surface area contributed by atoms with Gasteiger partial charge in [0.25, 0.3) is 0 Å². The monoisotopic (exact) mass is 386 g/mol. The van der Waals surface area contributed by atoms with Crippen molar-refractivity contribution in [3.8, 4) is 0 Å². The molecule has 1 amide bonds. The molecule has 6 nitrogen and oxygen atoms in total. The van der Waals surface area contributed by atoms with Crippen LogP contribution in [0.4, 0.5) is 10.6 Å². The number of amides is 1. The molecule has 27 heavy (non-hydrogen) atoms. The summed E-state index contributed by atoms with van der Waals surface area (Å²) in [5.41, 5.74) is 1.49. The van der Waals surface area contributed by atoms with Gasteiger partial charge in [0.1, 0.15) is 16.5 Å². The van der Waals surface area contributed by atoms with Crippen LogP contribution in [0.25, 0.3) is 10.2 Å². The molecule has 1 saturated heterocycles. The molecule has 144 valence electrons. The normalized spacial score (nSPS) is 20.0. The molecular weight excluding hydrogens is 360 g/mol. The molecule has 0 spiro atoms. The first-order chi connectivity index (χ1) is 13.2. The van der Waals surface area contributed by atoms with Gasteiger partial charge < -0.3 is 14.5 Å². The molecule has 1 aliphatic heterocycles. The summed E-state index contributed by atoms with van der Waals surface area (Å²) in [6.45, 7) is 5.27. The summed E-state index contributed by atoms with van der Waals surface area (Å²) in [6, 6.07) is 0. The summed E-state index contributed by atoms with van der Waals surface area (Å²) in [5.74, 6) is 2.70. The summed E-state index contributed by atoms with van der Waals surface area (Å²) in [4.78, 5) is 28.9. The number of aryl methyl sites for hydroxylation is 2. The number of fused-ring (bicyclic) bond motifs is 3. The molecule has 0 N–H and O–H groups in total. The van der Waals surface area contributed by atoms with Gasteiger partial charge in [-0.25, -0.2) is 14.8 Å². The predicted octanol–water partition coefficient (Wildman–Crippen LogP) is 3.73. The lowest BCUT2D eigenvalue weighted by Gasteiger charge is -2.35. The Kier molecular flexibility index (Phi) is 4.42. The van der Waals surface area contributed by atoms with E-state index in [1.807, 2.05) is 23.2 Å². The van der Waals surface area contributed by atoms with Crippen LogP contribution in [-0.2, 0) is 17.6 Å². The van der Waals surface area contributed by atoms with Crippen LogP contribution < -0.4 is 4.90 Å². The van der Waals surface area contributed by atoms with Crippen molar-refractivity contribution in [2.75, 3.05) is 37.7 Å². The van der Waals surface area contributed by atoms with E-state index in [1.165, 1.54) is 52.8 Å². The van der Waals surface area contributed by atoms with Crippen molar-refractivity contribution < 1.29 is 9.53 Å². The highest BCUT2D eigenvalue weighted by Gasteiger charge is 2.32. The molecular formula is C20H26N4O2S. The van der Waals surface area contributed by atoms with Crippen molar-refractivity contribution in [3.05, 3.63) is 16.3 Å². The van der Waals surface area contributed by atoms with Gasteiger partial charge in [0.05, 0.1) is 12.0 Å². The van der Waals surface area contributed by atoms with Gasteiger partial charge in [0, 0.05) is 37.0 Å². The summed E-state index contributed by atoms with van der Waals surface area (Å²) in [5, 5.41) is 1.30. The summed E-state index contributed by atoms with van der Waals surface area (Å²) >= 11 is 1.89. The van der Waals surface area contributed by atoms with Crippen LogP contribution in [0.2, 0.25) is 0 Å². The maximum absolute atomic E-state index is 12.0. The van der Waals surface area contributed by atoms with E-state index in [-0.39, 0.29) is 6.09 Å². The number of hydrogen-bond donors (Lipinski definition) is 0. The number of ether oxygens (including phenoxy) is 1. The van der Waals surface area contributed by atoms with Crippen molar-refractivity contribution in [3.63, 3.8) is 0 Å². The SMILES string of the molecule is CCOC(=O)N1CCN(c2nc(C3CC3)nc3sc4c(c23)CCCC4)CC1. The topological polar surface area (TPSA) is 58.6 Å². The van der Waals surface area contributed by atoms with E-state index < -0.39 is 0 Å². The average molecular weight is 387 g/mol. The Morgan fingerprint density at radius 2 is 1.93 bits per heavy atom. The van der Waals surface area contributed by atoms with E-state index in [1.54, 1.807) is 0 Å². The fraction of sp³-hybridized carbons (Fsp3) is 0.650. The molecule has 0 atom stereocenters. The first kappa shape index (κ1) is 17.2. The summed E-state index contributed by atoms with van der Waals surface area (Å²) in [6.07, 6.45) is 7.12. The lowest BCUT2D eigenvalue weighted by atomic mass is 9.97. The van der Waals surface area contributed by atoms with Crippen molar-refractivity contribution in [2.24, 2.45) is 0 Å². The zero-order chi connectivity index (χ0) is 18.4. The van der Waals surface area contributed by atoms with Crippen LogP contribution in [0.1, 0.15) is 54.8 Å². The molecule has 3 heterocycles. The molecule has 0 unspecified atom stereocenters. The fourth-order valence-corrected chi connectivity index (χ4v) is 5.49. The number of nitrogens with zero attached hydrogens (tertiary/aromatic N) is 4. The van der Waals surface area contributed by atoms with Crippen LogP contribution in [0.3, 0.4) is 0 Å². The lowest BCUT2D eigenvalue weighted by molar-refractivity contribution is 0.105. The average Bonchev–Trinajstić information content (AvgIpc) is 3.48. The first-order valence-corrected chi connectivity index (χ1v) is 11.0. The molecule has 0 bridgehead atoms. The second-order valence-electron chi connectivity index (χ2n) is 7.74. The molecule has 3 aliphatic rings. The summed E-state index contributed by atoms with van der Waals surface area (Å²) < 4.78 is 5.16. The van der Waals surface area contributed by atoms with Crippen LogP contribution in [0, 0.1) is 0 Å². The van der Waals surface area contributed by atoms with Gasteiger partial charge in [0.2, 0.25) is 0 Å². The van der Waals surface area contributed by atoms with Gasteiger partial charge in [-0.15, -0.1) is 11.3 Å². The van der Waals surface area contributed by atoms with Crippen molar-refractivity contribution in [1.29, 1.82) is 0 Å². The minimum Gasteiger partial charge on any atom is -0.450 e. The number of rotatable bonds is 3. The number of carbonyl (C=O) groups is 1. The first-order valence-electron chi connectivity index (χ1n) is 10.2. The molecule has 2 aromatic rings. The van der Waals surface area contributed by atoms with E-state index in [0.717, 1.165) is 31.2 Å². The fourth-order valence-electron chi connectivity index (χ4n) is 4.22. The van der Waals surface area contributed by atoms with Gasteiger partial charge in [-0.2, -0.15) is 0 Å². The van der Waals surface area contributed by atoms with Gasteiger partial charge >= 0.3 is 6.09 Å². The number of aromatic nitrogens is 2. The zero-order valence-corrected chi connectivity index (χ0v) is 16.7. The van der Waals surface area contributed by atoms with Gasteiger partial charge in [-0.3, -0.25) is 0 Å². The molecule has 2 fully saturated rings. The van der Waals surface area contributed by atoms with Crippen molar-refractivity contribution in [1.82, 2.24) is 14.9 Å². The van der Waals surface area contributed by atoms with E-state index in [0.29, 0.717) is 25.6 Å². The minimum absolute atomic E-state index is 0.198. The minimum atomic E-state index is -0.198. The van der Waals surface area contributed by atoms with Crippen molar-refractivity contribution in [2.45, 2.75) is 51.4 Å². The van der Waals surface area contributed by atoms with E-state index in [4.69, 9.17) is 14.7 Å². The second-order valence-corrected chi connectivity index (χ2v) is 8.83. The largest absolute Gasteiger partial charge is 0.450 e. The Hall–Kier alpha value is -1.89. The molecule has 5 rings (SSSR count). The third kappa shape index (κ3) is 3.16. The Balaban J connectivity index is 1.48. The maximum atomic E-state index is 12.0. The third-order valence-electron chi connectivity index (χ3n) is 5.86. The van der Waals surface area contributed by atoms with Crippen LogP contribution in [0.5, 0.6) is 0 Å². The number of anilines is 1. The molecule has 2 aromatic heterocycles. The lowest BCUT2D eigenvalue weighted by Crippen LogP contribution is -2.49. The molecule has 2 aliphatic carbocycles. The molecule has 0 aromatic carbocycles. The third-order valence-corrected chi connectivity index (χ3v) is 7.05. The Labute approximate surface area is 163 Å². The summed E-state index contributed by atoms with van der Waals surface area (Å²) in [7, 11) is 0. The van der Waals surface area contributed by atoms with E-state index in [9.17, 15) is 4.79 Å². The highest BCUT2D eigenvalue weighted by molar-refractivity contribution is 7.19. The van der Waals surface area contributed by atoms with E-state index >= 15 is 0 Å². The van der Waals surface area contributed by atoms with E-state index in [2.05, 4.69) is 4.90 Å². The number of piperazine rings is 1. The Morgan fingerprint density at radius 3 is 2.67 bits per heavy atom. The Morgan fingerprint density at radius 1 is 1.15 bits per heavy atom. The van der Waals surface area contributed by atoms with Crippen molar-refractivity contribution >= 4 is 33.5 Å².